The fraction of sp³-hybridized carbons (Fsp3) is 0.588. The summed E-state index contributed by atoms with van der Waals surface area (Å²) in [7, 11) is 2.18. The largest absolute Gasteiger partial charge is 0.331 e. The van der Waals surface area contributed by atoms with E-state index in [1.807, 2.05) is 0 Å². The SMILES string of the molecule is Cn1c(C2CCCC2)nc2ccc(C3CC(N)C3)cc21. The van der Waals surface area contributed by atoms with Crippen LogP contribution in [0.1, 0.15) is 61.7 Å². The van der Waals surface area contributed by atoms with Gasteiger partial charge < -0.3 is 10.3 Å². The Morgan fingerprint density at radius 3 is 2.60 bits per heavy atom. The van der Waals surface area contributed by atoms with Crippen LogP contribution < -0.4 is 5.73 Å². The summed E-state index contributed by atoms with van der Waals surface area (Å²) < 4.78 is 2.33. The molecule has 0 atom stereocenters. The van der Waals surface area contributed by atoms with Crippen LogP contribution in [-0.2, 0) is 7.05 Å². The molecule has 0 saturated heterocycles. The Kier molecular flexibility index (Phi) is 2.84. The molecule has 3 nitrogen and oxygen atoms in total. The van der Waals surface area contributed by atoms with Crippen LogP contribution in [0.15, 0.2) is 18.2 Å². The summed E-state index contributed by atoms with van der Waals surface area (Å²) in [6.07, 6.45) is 7.61. The van der Waals surface area contributed by atoms with Crippen LogP contribution >= 0.6 is 0 Å². The molecule has 1 aromatic carbocycles. The molecule has 0 amide bonds. The molecule has 0 aliphatic heterocycles. The summed E-state index contributed by atoms with van der Waals surface area (Å²) in [5.41, 5.74) is 9.81. The molecule has 1 aromatic heterocycles. The average Bonchev–Trinajstić information content (AvgIpc) is 3.03. The van der Waals surface area contributed by atoms with Crippen molar-refractivity contribution in [3.63, 3.8) is 0 Å². The van der Waals surface area contributed by atoms with Gasteiger partial charge in [0.1, 0.15) is 5.82 Å². The third-order valence-electron chi connectivity index (χ3n) is 5.31. The molecule has 2 N–H and O–H groups in total. The minimum absolute atomic E-state index is 0.413. The number of benzene rings is 1. The number of hydrogen-bond donors (Lipinski definition) is 1. The summed E-state index contributed by atoms with van der Waals surface area (Å²) in [6, 6.07) is 7.21. The monoisotopic (exact) mass is 269 g/mol. The molecule has 4 rings (SSSR count). The van der Waals surface area contributed by atoms with Crippen molar-refractivity contribution >= 4 is 11.0 Å². The first kappa shape index (κ1) is 12.4. The van der Waals surface area contributed by atoms with Crippen LogP contribution in [0.3, 0.4) is 0 Å². The van der Waals surface area contributed by atoms with E-state index in [4.69, 9.17) is 10.7 Å². The van der Waals surface area contributed by atoms with Gasteiger partial charge in [0, 0.05) is 19.0 Å². The number of hydrogen-bond acceptors (Lipinski definition) is 2. The lowest BCUT2D eigenvalue weighted by atomic mass is 9.76. The molecule has 106 valence electrons. The second-order valence-electron chi connectivity index (χ2n) is 6.69. The molecule has 2 fully saturated rings. The molecule has 2 saturated carbocycles. The minimum atomic E-state index is 0.413. The third kappa shape index (κ3) is 1.87. The van der Waals surface area contributed by atoms with E-state index in [1.54, 1.807) is 0 Å². The molecule has 0 spiro atoms. The highest BCUT2D eigenvalue weighted by Gasteiger charge is 2.28. The van der Waals surface area contributed by atoms with Gasteiger partial charge in [-0.1, -0.05) is 18.9 Å². The van der Waals surface area contributed by atoms with Crippen molar-refractivity contribution in [2.75, 3.05) is 0 Å². The Balaban J connectivity index is 1.72. The van der Waals surface area contributed by atoms with E-state index in [1.165, 1.54) is 42.6 Å². The molecular formula is C17H23N3. The molecule has 2 aliphatic rings. The molecule has 2 aliphatic carbocycles. The molecule has 1 heterocycles. The number of nitrogens with two attached hydrogens (primary N) is 1. The Bertz CT molecular complexity index is 631. The maximum Gasteiger partial charge on any atom is 0.112 e. The van der Waals surface area contributed by atoms with Gasteiger partial charge in [0.05, 0.1) is 11.0 Å². The van der Waals surface area contributed by atoms with Crippen LogP contribution in [0.2, 0.25) is 0 Å². The van der Waals surface area contributed by atoms with E-state index < -0.39 is 0 Å². The number of fused-ring (bicyclic) bond motifs is 1. The van der Waals surface area contributed by atoms with E-state index in [0.29, 0.717) is 17.9 Å². The number of aromatic nitrogens is 2. The standard InChI is InChI=1S/C17H23N3/c1-20-16-10-12(13-8-14(18)9-13)6-7-15(16)19-17(20)11-4-2-3-5-11/h6-7,10-11,13-14H,2-5,8-9,18H2,1H3. The first-order chi connectivity index (χ1) is 9.72. The van der Waals surface area contributed by atoms with Gasteiger partial charge in [0.15, 0.2) is 0 Å². The fourth-order valence-corrected chi connectivity index (χ4v) is 3.96. The molecule has 0 radical (unpaired) electrons. The maximum absolute atomic E-state index is 5.92. The van der Waals surface area contributed by atoms with Crippen molar-refractivity contribution in [3.05, 3.63) is 29.6 Å². The Labute approximate surface area is 120 Å². The first-order valence-electron chi connectivity index (χ1n) is 7.94. The highest BCUT2D eigenvalue weighted by molar-refractivity contribution is 5.77. The molecule has 0 unspecified atom stereocenters. The van der Waals surface area contributed by atoms with E-state index in [-0.39, 0.29) is 0 Å². The zero-order valence-corrected chi connectivity index (χ0v) is 12.2. The predicted molar refractivity (Wildman–Crippen MR) is 81.9 cm³/mol. The van der Waals surface area contributed by atoms with Gasteiger partial charge in [-0.05, 0) is 49.3 Å². The quantitative estimate of drug-likeness (QED) is 0.907. The number of aryl methyl sites for hydroxylation is 1. The first-order valence-corrected chi connectivity index (χ1v) is 7.94. The van der Waals surface area contributed by atoms with Gasteiger partial charge in [0.25, 0.3) is 0 Å². The van der Waals surface area contributed by atoms with Gasteiger partial charge >= 0.3 is 0 Å². The molecule has 0 bridgehead atoms. The number of rotatable bonds is 2. The van der Waals surface area contributed by atoms with Crippen LogP contribution in [-0.4, -0.2) is 15.6 Å². The van der Waals surface area contributed by atoms with Gasteiger partial charge in [-0.3, -0.25) is 0 Å². The van der Waals surface area contributed by atoms with Crippen LogP contribution in [0.25, 0.3) is 11.0 Å². The second-order valence-corrected chi connectivity index (χ2v) is 6.69. The Hall–Kier alpha value is -1.35. The van der Waals surface area contributed by atoms with Crippen LogP contribution in [0, 0.1) is 0 Å². The fourth-order valence-electron chi connectivity index (χ4n) is 3.96. The van der Waals surface area contributed by atoms with Gasteiger partial charge in [-0.2, -0.15) is 0 Å². The molecule has 2 aromatic rings. The highest BCUT2D eigenvalue weighted by Crippen LogP contribution is 2.38. The lowest BCUT2D eigenvalue weighted by Gasteiger charge is -2.32. The van der Waals surface area contributed by atoms with Crippen molar-refractivity contribution in [1.29, 1.82) is 0 Å². The summed E-state index contributed by atoms with van der Waals surface area (Å²) in [6.45, 7) is 0. The number of nitrogens with zero attached hydrogens (tertiary/aromatic N) is 2. The summed E-state index contributed by atoms with van der Waals surface area (Å²) in [5.74, 6) is 2.63. The molecule has 3 heteroatoms. The zero-order valence-electron chi connectivity index (χ0n) is 12.2. The second kappa shape index (κ2) is 4.59. The summed E-state index contributed by atoms with van der Waals surface area (Å²) >= 11 is 0. The highest BCUT2D eigenvalue weighted by atomic mass is 15.1. The van der Waals surface area contributed by atoms with Crippen molar-refractivity contribution < 1.29 is 0 Å². The van der Waals surface area contributed by atoms with Gasteiger partial charge in [-0.25, -0.2) is 4.98 Å². The Morgan fingerprint density at radius 2 is 1.90 bits per heavy atom. The van der Waals surface area contributed by atoms with E-state index >= 15 is 0 Å². The average molecular weight is 269 g/mol. The Morgan fingerprint density at radius 1 is 1.15 bits per heavy atom. The van der Waals surface area contributed by atoms with E-state index in [0.717, 1.165) is 18.4 Å². The third-order valence-corrected chi connectivity index (χ3v) is 5.31. The topological polar surface area (TPSA) is 43.8 Å². The van der Waals surface area contributed by atoms with Crippen LogP contribution in [0.4, 0.5) is 0 Å². The van der Waals surface area contributed by atoms with Crippen LogP contribution in [0.5, 0.6) is 0 Å². The lowest BCUT2D eigenvalue weighted by molar-refractivity contribution is 0.351. The van der Waals surface area contributed by atoms with E-state index in [9.17, 15) is 0 Å². The van der Waals surface area contributed by atoms with E-state index in [2.05, 4.69) is 29.8 Å². The van der Waals surface area contributed by atoms with Crippen molar-refractivity contribution in [2.45, 2.75) is 56.4 Å². The predicted octanol–water partition coefficient (Wildman–Crippen LogP) is 3.44. The summed E-state index contributed by atoms with van der Waals surface area (Å²) in [5, 5.41) is 0. The zero-order chi connectivity index (χ0) is 13.7. The normalized spacial score (nSPS) is 27.1. The minimum Gasteiger partial charge on any atom is -0.331 e. The lowest BCUT2D eigenvalue weighted by Crippen LogP contribution is -2.34. The maximum atomic E-state index is 5.92. The van der Waals surface area contributed by atoms with Gasteiger partial charge in [-0.15, -0.1) is 0 Å². The molecule has 20 heavy (non-hydrogen) atoms. The van der Waals surface area contributed by atoms with Gasteiger partial charge in [0.2, 0.25) is 0 Å². The molecular weight excluding hydrogens is 246 g/mol. The summed E-state index contributed by atoms with van der Waals surface area (Å²) in [4.78, 5) is 4.89. The van der Waals surface area contributed by atoms with Crippen molar-refractivity contribution in [1.82, 2.24) is 9.55 Å². The van der Waals surface area contributed by atoms with Crippen molar-refractivity contribution in [3.8, 4) is 0 Å². The van der Waals surface area contributed by atoms with Crippen molar-refractivity contribution in [2.24, 2.45) is 12.8 Å². The smallest absolute Gasteiger partial charge is 0.112 e. The number of imidazole rings is 1.